The number of benzene rings is 2. The summed E-state index contributed by atoms with van der Waals surface area (Å²) in [6, 6.07) is 13.0. The van der Waals surface area contributed by atoms with Gasteiger partial charge in [-0.15, -0.1) is 0 Å². The number of para-hydroxylation sites is 1. The molecule has 1 unspecified atom stereocenters. The van der Waals surface area contributed by atoms with Crippen molar-refractivity contribution in [2.24, 2.45) is 0 Å². The van der Waals surface area contributed by atoms with Gasteiger partial charge in [0.2, 0.25) is 0 Å². The Morgan fingerprint density at radius 1 is 1.33 bits per heavy atom. The number of fused-ring (bicyclic) bond motifs is 1. The standard InChI is InChI=1S/C17H17NO3/c1-11-8-13(6-7-15(11)18)17(19)20-10-14-9-12-4-2-3-5-16(12)21-14/h2-8,14H,9-10,18H2,1H3. The lowest BCUT2D eigenvalue weighted by Crippen LogP contribution is -2.23. The minimum Gasteiger partial charge on any atom is -0.486 e. The number of esters is 1. The van der Waals surface area contributed by atoms with Gasteiger partial charge < -0.3 is 15.2 Å². The van der Waals surface area contributed by atoms with Crippen LogP contribution >= 0.6 is 0 Å². The second-order valence-corrected chi connectivity index (χ2v) is 5.22. The van der Waals surface area contributed by atoms with E-state index in [-0.39, 0.29) is 18.7 Å². The van der Waals surface area contributed by atoms with E-state index in [4.69, 9.17) is 15.2 Å². The highest BCUT2D eigenvalue weighted by atomic mass is 16.6. The quantitative estimate of drug-likeness (QED) is 0.695. The summed E-state index contributed by atoms with van der Waals surface area (Å²) in [6.07, 6.45) is 0.658. The minimum atomic E-state index is -0.349. The molecule has 2 aromatic rings. The lowest BCUT2D eigenvalue weighted by Gasteiger charge is -2.12. The minimum absolute atomic E-state index is 0.110. The highest BCUT2D eigenvalue weighted by Gasteiger charge is 2.23. The maximum atomic E-state index is 12.0. The van der Waals surface area contributed by atoms with Crippen molar-refractivity contribution in [3.8, 4) is 5.75 Å². The summed E-state index contributed by atoms with van der Waals surface area (Å²) in [5, 5.41) is 0. The SMILES string of the molecule is Cc1cc(C(=O)OCC2Cc3ccccc3O2)ccc1N. The maximum absolute atomic E-state index is 12.0. The van der Waals surface area contributed by atoms with Gasteiger partial charge in [-0.2, -0.15) is 0 Å². The zero-order valence-corrected chi connectivity index (χ0v) is 11.8. The Bertz CT molecular complexity index is 656. The largest absolute Gasteiger partial charge is 0.486 e. The molecular weight excluding hydrogens is 266 g/mol. The van der Waals surface area contributed by atoms with E-state index in [1.807, 2.05) is 31.2 Å². The first-order valence-electron chi connectivity index (χ1n) is 6.91. The van der Waals surface area contributed by atoms with Gasteiger partial charge in [0.1, 0.15) is 18.5 Å². The average molecular weight is 283 g/mol. The van der Waals surface area contributed by atoms with Crippen LogP contribution in [0.25, 0.3) is 0 Å². The second kappa shape index (κ2) is 5.48. The summed E-state index contributed by atoms with van der Waals surface area (Å²) in [5.41, 5.74) is 8.94. The molecule has 108 valence electrons. The molecule has 0 bridgehead atoms. The van der Waals surface area contributed by atoms with Crippen LogP contribution in [0.4, 0.5) is 5.69 Å². The Morgan fingerprint density at radius 3 is 2.90 bits per heavy atom. The van der Waals surface area contributed by atoms with Gasteiger partial charge in [0.05, 0.1) is 5.56 Å². The third-order valence-corrected chi connectivity index (χ3v) is 3.62. The molecule has 0 amide bonds. The van der Waals surface area contributed by atoms with E-state index in [0.29, 0.717) is 11.3 Å². The Kier molecular flexibility index (Phi) is 3.52. The van der Waals surface area contributed by atoms with E-state index in [9.17, 15) is 4.79 Å². The van der Waals surface area contributed by atoms with Crippen LogP contribution in [-0.4, -0.2) is 18.7 Å². The average Bonchev–Trinajstić information content (AvgIpc) is 2.90. The number of nitrogens with two attached hydrogens (primary N) is 1. The van der Waals surface area contributed by atoms with Crippen molar-refractivity contribution < 1.29 is 14.3 Å². The van der Waals surface area contributed by atoms with Crippen molar-refractivity contribution in [1.82, 2.24) is 0 Å². The molecule has 0 aliphatic carbocycles. The second-order valence-electron chi connectivity index (χ2n) is 5.22. The molecule has 2 aromatic carbocycles. The summed E-state index contributed by atoms with van der Waals surface area (Å²) >= 11 is 0. The summed E-state index contributed by atoms with van der Waals surface area (Å²) in [5.74, 6) is 0.527. The van der Waals surface area contributed by atoms with Gasteiger partial charge in [-0.3, -0.25) is 0 Å². The van der Waals surface area contributed by atoms with Crippen molar-refractivity contribution in [1.29, 1.82) is 0 Å². The Labute approximate surface area is 123 Å². The molecule has 0 aromatic heterocycles. The first kappa shape index (κ1) is 13.5. The van der Waals surface area contributed by atoms with Crippen molar-refractivity contribution >= 4 is 11.7 Å². The normalized spacial score (nSPS) is 16.1. The smallest absolute Gasteiger partial charge is 0.338 e. The molecule has 1 aliphatic rings. The molecule has 4 nitrogen and oxygen atoms in total. The predicted molar refractivity (Wildman–Crippen MR) is 80.4 cm³/mol. The number of anilines is 1. The van der Waals surface area contributed by atoms with Crippen LogP contribution in [-0.2, 0) is 11.2 Å². The summed E-state index contributed by atoms with van der Waals surface area (Å²) < 4.78 is 11.1. The van der Waals surface area contributed by atoms with Gasteiger partial charge >= 0.3 is 5.97 Å². The Hall–Kier alpha value is -2.49. The highest BCUT2D eigenvalue weighted by Crippen LogP contribution is 2.28. The van der Waals surface area contributed by atoms with Gasteiger partial charge in [-0.25, -0.2) is 4.79 Å². The van der Waals surface area contributed by atoms with Crippen LogP contribution in [0.5, 0.6) is 5.75 Å². The summed E-state index contributed by atoms with van der Waals surface area (Å²) in [6.45, 7) is 2.11. The van der Waals surface area contributed by atoms with Gasteiger partial charge in [-0.05, 0) is 42.3 Å². The van der Waals surface area contributed by atoms with E-state index in [1.165, 1.54) is 0 Å². The zero-order valence-electron chi connectivity index (χ0n) is 11.8. The van der Waals surface area contributed by atoms with Crippen LogP contribution in [0.15, 0.2) is 42.5 Å². The summed E-state index contributed by atoms with van der Waals surface area (Å²) in [7, 11) is 0. The van der Waals surface area contributed by atoms with Crippen LogP contribution in [0.2, 0.25) is 0 Å². The number of aryl methyl sites for hydroxylation is 1. The first-order valence-corrected chi connectivity index (χ1v) is 6.91. The molecule has 0 fully saturated rings. The Morgan fingerprint density at radius 2 is 2.14 bits per heavy atom. The number of carbonyl (C=O) groups is 1. The zero-order chi connectivity index (χ0) is 14.8. The Balaban J connectivity index is 1.59. The number of nitrogen functional groups attached to an aromatic ring is 1. The topological polar surface area (TPSA) is 61.5 Å². The molecule has 4 heteroatoms. The van der Waals surface area contributed by atoms with Crippen molar-refractivity contribution in [3.63, 3.8) is 0 Å². The lowest BCUT2D eigenvalue weighted by atomic mass is 10.1. The molecule has 0 saturated heterocycles. The third kappa shape index (κ3) is 2.84. The number of ether oxygens (including phenoxy) is 2. The molecule has 21 heavy (non-hydrogen) atoms. The molecular formula is C17H17NO3. The fourth-order valence-electron chi connectivity index (χ4n) is 2.40. The first-order chi connectivity index (χ1) is 10.1. The fraction of sp³-hybridized carbons (Fsp3) is 0.235. The molecule has 1 atom stereocenters. The van der Waals surface area contributed by atoms with E-state index < -0.39 is 0 Å². The monoisotopic (exact) mass is 283 g/mol. The van der Waals surface area contributed by atoms with Crippen LogP contribution < -0.4 is 10.5 Å². The number of hydrogen-bond donors (Lipinski definition) is 1. The predicted octanol–water partition coefficient (Wildman–Crippen LogP) is 2.74. The van der Waals surface area contributed by atoms with Crippen LogP contribution in [0.1, 0.15) is 21.5 Å². The van der Waals surface area contributed by atoms with Crippen molar-refractivity contribution in [2.75, 3.05) is 12.3 Å². The van der Waals surface area contributed by atoms with E-state index >= 15 is 0 Å². The van der Waals surface area contributed by atoms with Gasteiger partial charge in [0.15, 0.2) is 0 Å². The molecule has 0 radical (unpaired) electrons. The van der Waals surface area contributed by atoms with Gasteiger partial charge in [0.25, 0.3) is 0 Å². The van der Waals surface area contributed by atoms with Crippen LogP contribution in [0.3, 0.4) is 0 Å². The van der Waals surface area contributed by atoms with Crippen molar-refractivity contribution in [2.45, 2.75) is 19.4 Å². The molecule has 0 saturated carbocycles. The maximum Gasteiger partial charge on any atom is 0.338 e. The fourth-order valence-corrected chi connectivity index (χ4v) is 2.40. The number of carbonyl (C=O) groups excluding carboxylic acids is 1. The highest BCUT2D eigenvalue weighted by molar-refractivity contribution is 5.90. The summed E-state index contributed by atoms with van der Waals surface area (Å²) in [4.78, 5) is 12.0. The number of rotatable bonds is 3. The third-order valence-electron chi connectivity index (χ3n) is 3.62. The van der Waals surface area contributed by atoms with Crippen LogP contribution in [0, 0.1) is 6.92 Å². The molecule has 3 rings (SSSR count). The van der Waals surface area contributed by atoms with E-state index in [2.05, 4.69) is 0 Å². The lowest BCUT2D eigenvalue weighted by molar-refractivity contribution is 0.0347. The van der Waals surface area contributed by atoms with Crippen molar-refractivity contribution in [3.05, 3.63) is 59.2 Å². The molecule has 1 aliphatic heterocycles. The van der Waals surface area contributed by atoms with Gasteiger partial charge in [-0.1, -0.05) is 18.2 Å². The molecule has 2 N–H and O–H groups in total. The van der Waals surface area contributed by atoms with Gasteiger partial charge in [0, 0.05) is 12.1 Å². The number of hydrogen-bond acceptors (Lipinski definition) is 4. The molecule has 1 heterocycles. The molecule has 0 spiro atoms. The van der Waals surface area contributed by atoms with E-state index in [0.717, 1.165) is 23.3 Å². The van der Waals surface area contributed by atoms with E-state index in [1.54, 1.807) is 18.2 Å².